The van der Waals surface area contributed by atoms with E-state index in [0.717, 1.165) is 0 Å². The first kappa shape index (κ1) is 15.0. The maximum Gasteiger partial charge on any atom is 0.391 e. The lowest BCUT2D eigenvalue weighted by atomic mass is 10.2. The summed E-state index contributed by atoms with van der Waals surface area (Å²) >= 11 is 3.19. The van der Waals surface area contributed by atoms with Gasteiger partial charge >= 0.3 is 6.18 Å². The topological polar surface area (TPSA) is 49.8 Å². The fourth-order valence-corrected chi connectivity index (χ4v) is 1.65. The quantitative estimate of drug-likeness (QED) is 0.870. The van der Waals surface area contributed by atoms with Crippen molar-refractivity contribution in [1.82, 2.24) is 9.97 Å². The number of hydrogen-bond acceptors (Lipinski definition) is 4. The molecule has 0 aliphatic heterocycles. The van der Waals surface area contributed by atoms with E-state index in [2.05, 4.69) is 36.5 Å². The normalized spacial score (nSPS) is 13.2. The molecule has 8 heteroatoms. The maximum atomic E-state index is 12.2. The van der Waals surface area contributed by atoms with Gasteiger partial charge in [0.1, 0.15) is 5.82 Å². The number of anilines is 2. The molecule has 1 aromatic rings. The van der Waals surface area contributed by atoms with E-state index in [-0.39, 0.29) is 0 Å². The summed E-state index contributed by atoms with van der Waals surface area (Å²) in [4.78, 5) is 8.06. The molecule has 0 aliphatic rings. The van der Waals surface area contributed by atoms with Gasteiger partial charge in [-0.3, -0.25) is 0 Å². The minimum atomic E-state index is -4.20. The van der Waals surface area contributed by atoms with Gasteiger partial charge in [0.15, 0.2) is 0 Å². The van der Waals surface area contributed by atoms with Crippen molar-refractivity contribution in [2.45, 2.75) is 32.5 Å². The molecule has 2 N–H and O–H groups in total. The lowest BCUT2D eigenvalue weighted by Gasteiger charge is -2.17. The summed E-state index contributed by atoms with van der Waals surface area (Å²) in [6.45, 7) is 3.97. The first-order chi connectivity index (χ1) is 8.31. The van der Waals surface area contributed by atoms with E-state index in [1.165, 1.54) is 13.1 Å². The molecule has 0 bridgehead atoms. The van der Waals surface area contributed by atoms with Crippen LogP contribution in [0.1, 0.15) is 20.3 Å². The Kier molecular flexibility index (Phi) is 5.18. The molecule has 0 saturated carbocycles. The van der Waals surface area contributed by atoms with Crippen molar-refractivity contribution in [3.05, 3.63) is 10.7 Å². The maximum absolute atomic E-state index is 12.2. The molecule has 1 aromatic heterocycles. The second-order valence-corrected chi connectivity index (χ2v) is 4.64. The number of aromatic nitrogens is 2. The summed E-state index contributed by atoms with van der Waals surface area (Å²) < 4.78 is 37.2. The standard InChI is InChI=1S/C10H14BrF3N4/c1-3-15-9-16-5-7(11)8(18-9)17-6(2)4-10(12,13)14/h5-6H,3-4H2,1-2H3,(H2,15,16,17,18). The molecular formula is C10H14BrF3N4. The first-order valence-electron chi connectivity index (χ1n) is 5.41. The minimum absolute atomic E-state index is 0.345. The van der Waals surface area contributed by atoms with Gasteiger partial charge < -0.3 is 10.6 Å². The van der Waals surface area contributed by atoms with Crippen LogP contribution >= 0.6 is 15.9 Å². The number of halogens is 4. The van der Waals surface area contributed by atoms with Crippen molar-refractivity contribution >= 4 is 27.7 Å². The van der Waals surface area contributed by atoms with Crippen LogP contribution in [0.2, 0.25) is 0 Å². The molecule has 1 rings (SSSR count). The van der Waals surface area contributed by atoms with Crippen LogP contribution in [0.4, 0.5) is 24.9 Å². The van der Waals surface area contributed by atoms with Crippen LogP contribution in [0.5, 0.6) is 0 Å². The average molecular weight is 327 g/mol. The fraction of sp³-hybridized carbons (Fsp3) is 0.600. The molecule has 0 radical (unpaired) electrons. The van der Waals surface area contributed by atoms with Crippen LogP contribution in [0.15, 0.2) is 10.7 Å². The molecule has 0 amide bonds. The van der Waals surface area contributed by atoms with Gasteiger partial charge in [0.25, 0.3) is 0 Å². The van der Waals surface area contributed by atoms with Crippen LogP contribution in [-0.4, -0.2) is 28.7 Å². The van der Waals surface area contributed by atoms with Crippen molar-refractivity contribution < 1.29 is 13.2 Å². The number of nitrogens with zero attached hydrogens (tertiary/aromatic N) is 2. The van der Waals surface area contributed by atoms with Gasteiger partial charge in [0, 0.05) is 18.8 Å². The van der Waals surface area contributed by atoms with Gasteiger partial charge in [-0.05, 0) is 29.8 Å². The Morgan fingerprint density at radius 2 is 2.11 bits per heavy atom. The summed E-state index contributed by atoms with van der Waals surface area (Å²) in [6, 6.07) is -0.759. The van der Waals surface area contributed by atoms with Gasteiger partial charge in [-0.15, -0.1) is 0 Å². The lowest BCUT2D eigenvalue weighted by molar-refractivity contribution is -0.136. The Labute approximate surface area is 112 Å². The number of rotatable bonds is 5. The zero-order valence-electron chi connectivity index (χ0n) is 9.98. The number of hydrogen-bond donors (Lipinski definition) is 2. The minimum Gasteiger partial charge on any atom is -0.366 e. The highest BCUT2D eigenvalue weighted by atomic mass is 79.9. The fourth-order valence-electron chi connectivity index (χ4n) is 1.34. The van der Waals surface area contributed by atoms with Crippen LogP contribution in [-0.2, 0) is 0 Å². The van der Waals surface area contributed by atoms with Gasteiger partial charge in [-0.25, -0.2) is 4.98 Å². The zero-order chi connectivity index (χ0) is 13.8. The van der Waals surface area contributed by atoms with Crippen LogP contribution in [0, 0.1) is 0 Å². The molecule has 4 nitrogen and oxygen atoms in total. The average Bonchev–Trinajstić information content (AvgIpc) is 2.20. The van der Waals surface area contributed by atoms with E-state index in [0.29, 0.717) is 22.8 Å². The summed E-state index contributed by atoms with van der Waals surface area (Å²) in [5.74, 6) is 0.722. The Morgan fingerprint density at radius 1 is 1.44 bits per heavy atom. The molecule has 0 spiro atoms. The second kappa shape index (κ2) is 6.21. The summed E-state index contributed by atoms with van der Waals surface area (Å²) in [6.07, 6.45) is -3.62. The molecule has 0 fully saturated rings. The van der Waals surface area contributed by atoms with Crippen molar-refractivity contribution in [2.75, 3.05) is 17.2 Å². The number of alkyl halides is 3. The van der Waals surface area contributed by atoms with Gasteiger partial charge in [0.2, 0.25) is 5.95 Å². The molecule has 0 aromatic carbocycles. The van der Waals surface area contributed by atoms with E-state index in [1.807, 2.05) is 6.92 Å². The third-order valence-corrected chi connectivity index (χ3v) is 2.58. The smallest absolute Gasteiger partial charge is 0.366 e. The van der Waals surface area contributed by atoms with E-state index in [4.69, 9.17) is 0 Å². The van der Waals surface area contributed by atoms with E-state index in [1.54, 1.807) is 0 Å². The SMILES string of the molecule is CCNc1ncc(Br)c(NC(C)CC(F)(F)F)n1. The third kappa shape index (κ3) is 5.07. The van der Waals surface area contributed by atoms with Crippen molar-refractivity contribution in [2.24, 2.45) is 0 Å². The van der Waals surface area contributed by atoms with E-state index < -0.39 is 18.6 Å². The Bertz CT molecular complexity index is 397. The van der Waals surface area contributed by atoms with Crippen LogP contribution in [0.3, 0.4) is 0 Å². The molecule has 102 valence electrons. The Hall–Kier alpha value is -1.05. The predicted octanol–water partition coefficient (Wildman–Crippen LogP) is 3.42. The molecule has 18 heavy (non-hydrogen) atoms. The highest BCUT2D eigenvalue weighted by Crippen LogP contribution is 2.25. The highest BCUT2D eigenvalue weighted by molar-refractivity contribution is 9.10. The Balaban J connectivity index is 2.73. The summed E-state index contributed by atoms with van der Waals surface area (Å²) in [7, 11) is 0. The third-order valence-electron chi connectivity index (χ3n) is 2.00. The van der Waals surface area contributed by atoms with Crippen LogP contribution < -0.4 is 10.6 Å². The molecular weight excluding hydrogens is 313 g/mol. The highest BCUT2D eigenvalue weighted by Gasteiger charge is 2.30. The lowest BCUT2D eigenvalue weighted by Crippen LogP contribution is -2.24. The van der Waals surface area contributed by atoms with Crippen molar-refractivity contribution in [3.8, 4) is 0 Å². The monoisotopic (exact) mass is 326 g/mol. The predicted molar refractivity (Wildman–Crippen MR) is 67.7 cm³/mol. The van der Waals surface area contributed by atoms with Crippen molar-refractivity contribution in [3.63, 3.8) is 0 Å². The van der Waals surface area contributed by atoms with Gasteiger partial charge in [0.05, 0.1) is 10.9 Å². The van der Waals surface area contributed by atoms with Crippen molar-refractivity contribution in [1.29, 1.82) is 0 Å². The molecule has 1 atom stereocenters. The van der Waals surface area contributed by atoms with Gasteiger partial charge in [-0.1, -0.05) is 0 Å². The van der Waals surface area contributed by atoms with Gasteiger partial charge in [-0.2, -0.15) is 18.2 Å². The molecule has 0 saturated heterocycles. The van der Waals surface area contributed by atoms with Crippen LogP contribution in [0.25, 0.3) is 0 Å². The second-order valence-electron chi connectivity index (χ2n) is 3.79. The molecule has 1 heterocycles. The van der Waals surface area contributed by atoms with E-state index in [9.17, 15) is 13.2 Å². The van der Waals surface area contributed by atoms with E-state index >= 15 is 0 Å². The Morgan fingerprint density at radius 3 is 2.67 bits per heavy atom. The molecule has 1 unspecified atom stereocenters. The first-order valence-corrected chi connectivity index (χ1v) is 6.21. The largest absolute Gasteiger partial charge is 0.391 e. The number of nitrogens with one attached hydrogen (secondary N) is 2. The molecule has 0 aliphatic carbocycles. The summed E-state index contributed by atoms with van der Waals surface area (Å²) in [5.41, 5.74) is 0. The zero-order valence-corrected chi connectivity index (χ0v) is 11.6. The summed E-state index contributed by atoms with van der Waals surface area (Å²) in [5, 5.41) is 5.60.